The summed E-state index contributed by atoms with van der Waals surface area (Å²) >= 11 is 0. The third-order valence-corrected chi connectivity index (χ3v) is 5.19. The molecule has 2 N–H and O–H groups in total. The molecule has 0 aliphatic heterocycles. The van der Waals surface area contributed by atoms with Crippen molar-refractivity contribution >= 4 is 29.3 Å². The summed E-state index contributed by atoms with van der Waals surface area (Å²) < 4.78 is 12.3. The van der Waals surface area contributed by atoms with Crippen LogP contribution < -0.4 is 20.1 Å². The minimum atomic E-state index is -0.631. The van der Waals surface area contributed by atoms with Crippen molar-refractivity contribution in [3.63, 3.8) is 0 Å². The van der Waals surface area contributed by atoms with Gasteiger partial charge in [0.05, 0.1) is 25.6 Å². The van der Waals surface area contributed by atoms with Gasteiger partial charge in [0.2, 0.25) is 0 Å². The molecule has 8 heteroatoms. The molecule has 168 valence electrons. The van der Waals surface area contributed by atoms with Crippen LogP contribution in [0.5, 0.6) is 11.5 Å². The molecule has 2 aromatic carbocycles. The highest BCUT2D eigenvalue weighted by Gasteiger charge is 2.22. The summed E-state index contributed by atoms with van der Waals surface area (Å²) in [6, 6.07) is 17.5. The Labute approximate surface area is 192 Å². The number of benzene rings is 2. The fourth-order valence-electron chi connectivity index (χ4n) is 3.24. The van der Waals surface area contributed by atoms with Gasteiger partial charge in [-0.2, -0.15) is 5.26 Å². The lowest BCUT2D eigenvalue weighted by atomic mass is 10.1. The van der Waals surface area contributed by atoms with Crippen LogP contribution in [0.25, 0.3) is 6.08 Å². The number of ether oxygens (including phenoxy) is 2. The third-order valence-electron chi connectivity index (χ3n) is 5.19. The normalized spacial score (nSPS) is 10.0. The molecular formula is C25H24N4O4. The van der Waals surface area contributed by atoms with Crippen molar-refractivity contribution in [3.05, 3.63) is 77.1 Å². The number of hydrogen-bond donors (Lipinski definition) is 2. The Morgan fingerprint density at radius 1 is 0.939 bits per heavy atom. The first-order valence-electron chi connectivity index (χ1n) is 10.1. The molecular weight excluding hydrogens is 420 g/mol. The van der Waals surface area contributed by atoms with Crippen LogP contribution in [0, 0.1) is 18.3 Å². The average Bonchev–Trinajstić information content (AvgIpc) is 3.10. The van der Waals surface area contributed by atoms with Crippen LogP contribution in [0.1, 0.15) is 17.0 Å². The molecule has 1 aromatic heterocycles. The van der Waals surface area contributed by atoms with Crippen LogP contribution in [0.15, 0.2) is 60.2 Å². The lowest BCUT2D eigenvalue weighted by molar-refractivity contribution is -0.118. The van der Waals surface area contributed by atoms with E-state index in [0.29, 0.717) is 34.1 Å². The molecule has 0 saturated carbocycles. The standard InChI is InChI=1S/C25H24N4O4/c1-16-17(13-18(15-26)29(16)2)14-19(24(30)27-20-9-5-7-11-22(20)32-3)25(31)28-21-10-6-8-12-23(21)33-4/h5-14H,1-4H3,(H,27,30)(H,28,31). The average molecular weight is 444 g/mol. The fraction of sp³-hybridized carbons (Fsp3) is 0.160. The van der Waals surface area contributed by atoms with Crippen molar-refractivity contribution in [1.29, 1.82) is 5.26 Å². The van der Waals surface area contributed by atoms with E-state index in [1.165, 1.54) is 20.3 Å². The summed E-state index contributed by atoms with van der Waals surface area (Å²) in [7, 11) is 4.73. The predicted molar refractivity (Wildman–Crippen MR) is 126 cm³/mol. The lowest BCUT2D eigenvalue weighted by Gasteiger charge is -2.14. The van der Waals surface area contributed by atoms with Gasteiger partial charge in [-0.05, 0) is 48.9 Å². The van der Waals surface area contributed by atoms with Gasteiger partial charge in [-0.1, -0.05) is 24.3 Å². The summed E-state index contributed by atoms with van der Waals surface area (Å²) in [5.74, 6) is -0.349. The zero-order valence-electron chi connectivity index (χ0n) is 18.8. The Bertz CT molecular complexity index is 1200. The molecule has 0 aliphatic carbocycles. The quantitative estimate of drug-likeness (QED) is 0.327. The maximum Gasteiger partial charge on any atom is 0.261 e. The molecule has 0 bridgehead atoms. The van der Waals surface area contributed by atoms with Gasteiger partial charge in [0.25, 0.3) is 11.8 Å². The largest absolute Gasteiger partial charge is 0.495 e. The number of methoxy groups -OCH3 is 2. The van der Waals surface area contributed by atoms with E-state index in [1.807, 2.05) is 0 Å². The number of nitriles is 1. The topological polar surface area (TPSA) is 105 Å². The van der Waals surface area contributed by atoms with E-state index >= 15 is 0 Å². The van der Waals surface area contributed by atoms with Crippen molar-refractivity contribution in [2.24, 2.45) is 7.05 Å². The minimum Gasteiger partial charge on any atom is -0.495 e. The molecule has 0 saturated heterocycles. The van der Waals surface area contributed by atoms with Crippen molar-refractivity contribution in [1.82, 2.24) is 4.57 Å². The van der Waals surface area contributed by atoms with Crippen LogP contribution in [-0.2, 0) is 16.6 Å². The van der Waals surface area contributed by atoms with Gasteiger partial charge < -0.3 is 24.7 Å². The number of aromatic nitrogens is 1. The lowest BCUT2D eigenvalue weighted by Crippen LogP contribution is -2.25. The Hall–Kier alpha value is -4.51. The Balaban J connectivity index is 2.03. The number of nitrogens with zero attached hydrogens (tertiary/aromatic N) is 2. The molecule has 0 fully saturated rings. The molecule has 0 aliphatic rings. The highest BCUT2D eigenvalue weighted by molar-refractivity contribution is 6.29. The number of rotatable bonds is 7. The second-order valence-corrected chi connectivity index (χ2v) is 7.11. The highest BCUT2D eigenvalue weighted by Crippen LogP contribution is 2.27. The molecule has 33 heavy (non-hydrogen) atoms. The van der Waals surface area contributed by atoms with Crippen LogP contribution >= 0.6 is 0 Å². The molecule has 1 heterocycles. The first kappa shape index (κ1) is 23.2. The predicted octanol–water partition coefficient (Wildman–Crippen LogP) is 3.88. The number of anilines is 2. The first-order valence-corrected chi connectivity index (χ1v) is 10.1. The van der Waals surface area contributed by atoms with E-state index in [2.05, 4.69) is 16.7 Å². The number of amides is 2. The number of carbonyl (C=O) groups excluding carboxylic acids is 2. The summed E-state index contributed by atoms with van der Waals surface area (Å²) in [4.78, 5) is 26.5. The SMILES string of the molecule is COc1ccccc1NC(=O)C(=Cc1cc(C#N)n(C)c1C)C(=O)Nc1ccccc1OC. The van der Waals surface area contributed by atoms with Crippen LogP contribution in [0.2, 0.25) is 0 Å². The Morgan fingerprint density at radius 2 is 1.42 bits per heavy atom. The molecule has 0 radical (unpaired) electrons. The summed E-state index contributed by atoms with van der Waals surface area (Å²) in [5.41, 5.74) is 2.42. The van der Waals surface area contributed by atoms with Crippen molar-refractivity contribution in [2.45, 2.75) is 6.92 Å². The van der Waals surface area contributed by atoms with E-state index in [1.54, 1.807) is 73.1 Å². The van der Waals surface area contributed by atoms with E-state index < -0.39 is 11.8 Å². The fourth-order valence-corrected chi connectivity index (χ4v) is 3.24. The van der Waals surface area contributed by atoms with E-state index in [4.69, 9.17) is 9.47 Å². The maximum atomic E-state index is 13.2. The molecule has 0 unspecified atom stereocenters. The van der Waals surface area contributed by atoms with Crippen molar-refractivity contribution in [3.8, 4) is 17.6 Å². The molecule has 0 spiro atoms. The van der Waals surface area contributed by atoms with Crippen LogP contribution in [0.4, 0.5) is 11.4 Å². The van der Waals surface area contributed by atoms with Gasteiger partial charge in [-0.25, -0.2) is 0 Å². The van der Waals surface area contributed by atoms with Gasteiger partial charge >= 0.3 is 0 Å². The highest BCUT2D eigenvalue weighted by atomic mass is 16.5. The van der Waals surface area contributed by atoms with Crippen LogP contribution in [-0.4, -0.2) is 30.6 Å². The van der Waals surface area contributed by atoms with Gasteiger partial charge in [-0.15, -0.1) is 0 Å². The summed E-state index contributed by atoms with van der Waals surface area (Å²) in [6.07, 6.45) is 1.46. The molecule has 3 rings (SSSR count). The molecule has 2 amide bonds. The second-order valence-electron chi connectivity index (χ2n) is 7.11. The number of nitrogens with one attached hydrogen (secondary N) is 2. The summed E-state index contributed by atoms with van der Waals surface area (Å²) in [5, 5.41) is 14.8. The van der Waals surface area contributed by atoms with E-state index in [-0.39, 0.29) is 5.57 Å². The van der Waals surface area contributed by atoms with E-state index in [9.17, 15) is 14.9 Å². The van der Waals surface area contributed by atoms with Crippen molar-refractivity contribution < 1.29 is 19.1 Å². The zero-order chi connectivity index (χ0) is 24.0. The second kappa shape index (κ2) is 10.2. The maximum absolute atomic E-state index is 13.2. The van der Waals surface area contributed by atoms with E-state index in [0.717, 1.165) is 5.69 Å². The van der Waals surface area contributed by atoms with Gasteiger partial charge in [-0.3, -0.25) is 9.59 Å². The zero-order valence-corrected chi connectivity index (χ0v) is 18.8. The minimum absolute atomic E-state index is 0.148. The smallest absolute Gasteiger partial charge is 0.261 e. The van der Waals surface area contributed by atoms with Crippen LogP contribution in [0.3, 0.4) is 0 Å². The Morgan fingerprint density at radius 3 is 1.85 bits per heavy atom. The monoisotopic (exact) mass is 444 g/mol. The van der Waals surface area contributed by atoms with Gasteiger partial charge in [0, 0.05) is 12.7 Å². The molecule has 8 nitrogen and oxygen atoms in total. The van der Waals surface area contributed by atoms with Gasteiger partial charge in [0.1, 0.15) is 28.8 Å². The first-order chi connectivity index (χ1) is 15.9. The molecule has 0 atom stereocenters. The third kappa shape index (κ3) is 5.05. The number of hydrogen-bond acceptors (Lipinski definition) is 5. The Kier molecular flexibility index (Phi) is 7.16. The number of para-hydroxylation sites is 4. The molecule has 3 aromatic rings. The van der Waals surface area contributed by atoms with Crippen molar-refractivity contribution in [2.75, 3.05) is 24.9 Å². The van der Waals surface area contributed by atoms with Gasteiger partial charge in [0.15, 0.2) is 0 Å². The summed E-state index contributed by atoms with van der Waals surface area (Å²) in [6.45, 7) is 1.81. The number of carbonyl (C=O) groups is 2.